The van der Waals surface area contributed by atoms with E-state index < -0.39 is 0 Å². The molecule has 4 rings (SSSR count). The Kier molecular flexibility index (Phi) is 4.48. The smallest absolute Gasteiger partial charge is 0.266 e. The average molecular weight is 375 g/mol. The molecule has 0 radical (unpaired) electrons. The van der Waals surface area contributed by atoms with Gasteiger partial charge in [0, 0.05) is 11.1 Å². The van der Waals surface area contributed by atoms with Crippen LogP contribution in [0.1, 0.15) is 11.4 Å². The van der Waals surface area contributed by atoms with Gasteiger partial charge in [0.25, 0.3) is 5.56 Å². The molecule has 0 saturated heterocycles. The molecule has 0 amide bonds. The number of para-hydroxylation sites is 1. The Morgan fingerprint density at radius 3 is 2.48 bits per heavy atom. The SMILES string of the molecule is O=c1c2ccccc2nc(/C=C\c2ccc(Cl)cc2)n1-c1cccc(O)c1. The second-order valence-corrected chi connectivity index (χ2v) is 6.47. The molecule has 132 valence electrons. The van der Waals surface area contributed by atoms with E-state index >= 15 is 0 Å². The number of rotatable bonds is 3. The van der Waals surface area contributed by atoms with Gasteiger partial charge in [-0.1, -0.05) is 48.0 Å². The van der Waals surface area contributed by atoms with E-state index in [-0.39, 0.29) is 11.3 Å². The monoisotopic (exact) mass is 374 g/mol. The van der Waals surface area contributed by atoms with Crippen LogP contribution in [0.5, 0.6) is 5.75 Å². The van der Waals surface area contributed by atoms with E-state index in [0.29, 0.717) is 27.4 Å². The normalized spacial score (nSPS) is 11.3. The van der Waals surface area contributed by atoms with E-state index in [0.717, 1.165) is 5.56 Å². The summed E-state index contributed by atoms with van der Waals surface area (Å²) in [6.45, 7) is 0. The number of fused-ring (bicyclic) bond motifs is 1. The lowest BCUT2D eigenvalue weighted by Gasteiger charge is -2.11. The highest BCUT2D eigenvalue weighted by atomic mass is 35.5. The summed E-state index contributed by atoms with van der Waals surface area (Å²) in [5.41, 5.74) is 1.91. The first-order valence-corrected chi connectivity index (χ1v) is 8.74. The fraction of sp³-hybridized carbons (Fsp3) is 0. The zero-order chi connectivity index (χ0) is 18.8. The highest BCUT2D eigenvalue weighted by Gasteiger charge is 2.11. The highest BCUT2D eigenvalue weighted by Crippen LogP contribution is 2.19. The van der Waals surface area contributed by atoms with E-state index in [1.807, 2.05) is 30.3 Å². The molecular weight excluding hydrogens is 360 g/mol. The summed E-state index contributed by atoms with van der Waals surface area (Å²) in [7, 11) is 0. The molecule has 0 aliphatic carbocycles. The van der Waals surface area contributed by atoms with Crippen LogP contribution in [0.2, 0.25) is 5.02 Å². The molecule has 0 fully saturated rings. The number of hydrogen-bond donors (Lipinski definition) is 1. The predicted molar refractivity (Wildman–Crippen MR) is 109 cm³/mol. The van der Waals surface area contributed by atoms with Gasteiger partial charge in [0.05, 0.1) is 16.6 Å². The lowest BCUT2D eigenvalue weighted by molar-refractivity contribution is 0.475. The molecule has 1 aromatic heterocycles. The molecule has 5 heteroatoms. The molecule has 0 spiro atoms. The van der Waals surface area contributed by atoms with E-state index in [4.69, 9.17) is 11.6 Å². The Bertz CT molecular complexity index is 1210. The van der Waals surface area contributed by atoms with Crippen molar-refractivity contribution in [1.29, 1.82) is 0 Å². The van der Waals surface area contributed by atoms with Crippen LogP contribution in [0, 0.1) is 0 Å². The van der Waals surface area contributed by atoms with Gasteiger partial charge in [0.2, 0.25) is 0 Å². The highest BCUT2D eigenvalue weighted by molar-refractivity contribution is 6.30. The summed E-state index contributed by atoms with van der Waals surface area (Å²) in [4.78, 5) is 17.8. The summed E-state index contributed by atoms with van der Waals surface area (Å²) in [5, 5.41) is 11.0. The summed E-state index contributed by atoms with van der Waals surface area (Å²) in [6, 6.07) is 21.1. The van der Waals surface area contributed by atoms with Crippen molar-refractivity contribution in [3.05, 3.63) is 99.6 Å². The molecule has 3 aromatic carbocycles. The molecule has 27 heavy (non-hydrogen) atoms. The molecule has 0 atom stereocenters. The number of benzene rings is 3. The number of nitrogens with zero attached hydrogens (tertiary/aromatic N) is 2. The van der Waals surface area contributed by atoms with Crippen molar-refractivity contribution in [1.82, 2.24) is 9.55 Å². The Labute approximate surface area is 160 Å². The number of aromatic nitrogens is 2. The van der Waals surface area contributed by atoms with E-state index in [9.17, 15) is 9.90 Å². The van der Waals surface area contributed by atoms with Crippen LogP contribution in [-0.2, 0) is 0 Å². The number of halogens is 1. The number of phenols is 1. The van der Waals surface area contributed by atoms with E-state index in [1.54, 1.807) is 48.5 Å². The van der Waals surface area contributed by atoms with Crippen LogP contribution in [0.25, 0.3) is 28.7 Å². The van der Waals surface area contributed by atoms with Crippen LogP contribution in [0.4, 0.5) is 0 Å². The second-order valence-electron chi connectivity index (χ2n) is 6.03. The summed E-state index contributed by atoms with van der Waals surface area (Å²) < 4.78 is 1.49. The third-order valence-corrected chi connectivity index (χ3v) is 4.44. The first-order chi connectivity index (χ1) is 13.1. The first-order valence-electron chi connectivity index (χ1n) is 8.37. The molecule has 0 unspecified atom stereocenters. The van der Waals surface area contributed by atoms with Gasteiger partial charge in [0.15, 0.2) is 0 Å². The molecule has 0 bridgehead atoms. The predicted octanol–water partition coefficient (Wildman–Crippen LogP) is 4.92. The Morgan fingerprint density at radius 1 is 0.926 bits per heavy atom. The minimum absolute atomic E-state index is 0.0835. The number of aromatic hydroxyl groups is 1. The maximum Gasteiger partial charge on any atom is 0.266 e. The van der Waals surface area contributed by atoms with Crippen molar-refractivity contribution in [2.45, 2.75) is 0 Å². The van der Waals surface area contributed by atoms with Crippen LogP contribution < -0.4 is 5.56 Å². The fourth-order valence-electron chi connectivity index (χ4n) is 2.89. The molecule has 4 aromatic rings. The molecule has 1 N–H and O–H groups in total. The van der Waals surface area contributed by atoms with Gasteiger partial charge in [-0.15, -0.1) is 0 Å². The number of hydrogen-bond acceptors (Lipinski definition) is 3. The standard InChI is InChI=1S/C22H15ClN2O2/c23-16-11-8-15(9-12-16)10-13-21-24-20-7-2-1-6-19(20)22(27)25(21)17-4-3-5-18(26)14-17/h1-14,26H/b13-10-. The minimum Gasteiger partial charge on any atom is -0.508 e. The lowest BCUT2D eigenvalue weighted by Crippen LogP contribution is -2.22. The summed E-state index contributed by atoms with van der Waals surface area (Å²) in [5.74, 6) is 0.555. The van der Waals surface area contributed by atoms with Crippen LogP contribution >= 0.6 is 11.6 Å². The van der Waals surface area contributed by atoms with Crippen LogP contribution in [-0.4, -0.2) is 14.7 Å². The van der Waals surface area contributed by atoms with Gasteiger partial charge >= 0.3 is 0 Å². The van der Waals surface area contributed by atoms with Gasteiger partial charge in [-0.05, 0) is 48.0 Å². The van der Waals surface area contributed by atoms with Crippen molar-refractivity contribution in [2.75, 3.05) is 0 Å². The fourth-order valence-corrected chi connectivity index (χ4v) is 3.01. The molecule has 4 nitrogen and oxygen atoms in total. The van der Waals surface area contributed by atoms with Gasteiger partial charge in [-0.25, -0.2) is 4.98 Å². The Balaban J connectivity index is 1.93. The lowest BCUT2D eigenvalue weighted by atomic mass is 10.2. The maximum atomic E-state index is 13.1. The Hall–Kier alpha value is -3.37. The van der Waals surface area contributed by atoms with Crippen molar-refractivity contribution in [3.8, 4) is 11.4 Å². The summed E-state index contributed by atoms with van der Waals surface area (Å²) >= 11 is 5.93. The van der Waals surface area contributed by atoms with Gasteiger partial charge in [-0.3, -0.25) is 9.36 Å². The first kappa shape index (κ1) is 17.1. The molecule has 1 heterocycles. The van der Waals surface area contributed by atoms with Gasteiger partial charge in [-0.2, -0.15) is 0 Å². The minimum atomic E-state index is -0.193. The van der Waals surface area contributed by atoms with Crippen molar-refractivity contribution in [3.63, 3.8) is 0 Å². The second kappa shape index (κ2) is 7.09. The molecular formula is C22H15ClN2O2. The van der Waals surface area contributed by atoms with Crippen molar-refractivity contribution < 1.29 is 5.11 Å². The van der Waals surface area contributed by atoms with E-state index in [1.165, 1.54) is 10.6 Å². The van der Waals surface area contributed by atoms with Crippen molar-refractivity contribution >= 4 is 34.7 Å². The molecule has 0 aliphatic heterocycles. The Morgan fingerprint density at radius 2 is 1.70 bits per heavy atom. The topological polar surface area (TPSA) is 55.1 Å². The third-order valence-electron chi connectivity index (χ3n) is 4.18. The average Bonchev–Trinajstić information content (AvgIpc) is 2.68. The number of phenolic OH excluding ortho intramolecular Hbond substituents is 1. The largest absolute Gasteiger partial charge is 0.508 e. The molecule has 0 aliphatic rings. The van der Waals surface area contributed by atoms with Crippen molar-refractivity contribution in [2.24, 2.45) is 0 Å². The molecule has 0 saturated carbocycles. The van der Waals surface area contributed by atoms with Crippen LogP contribution in [0.3, 0.4) is 0 Å². The van der Waals surface area contributed by atoms with Gasteiger partial charge in [0.1, 0.15) is 11.6 Å². The van der Waals surface area contributed by atoms with Crippen LogP contribution in [0.15, 0.2) is 77.6 Å². The van der Waals surface area contributed by atoms with E-state index in [2.05, 4.69) is 4.98 Å². The maximum absolute atomic E-state index is 13.1. The summed E-state index contributed by atoms with van der Waals surface area (Å²) in [6.07, 6.45) is 3.65. The quantitative estimate of drug-likeness (QED) is 0.554. The third kappa shape index (κ3) is 3.48. The zero-order valence-corrected chi connectivity index (χ0v) is 15.0. The van der Waals surface area contributed by atoms with Gasteiger partial charge < -0.3 is 5.11 Å². The zero-order valence-electron chi connectivity index (χ0n) is 14.2.